The van der Waals surface area contributed by atoms with Gasteiger partial charge >= 0.3 is 5.97 Å². The first-order valence-corrected chi connectivity index (χ1v) is 5.48. The number of unbranched alkanes of at least 4 members (excludes halogenated alkanes) is 1. The molecule has 1 amide bonds. The number of carboxylic acid groups (broad SMARTS) is 1. The maximum Gasteiger partial charge on any atom is 0.303 e. The molecule has 0 bridgehead atoms. The summed E-state index contributed by atoms with van der Waals surface area (Å²) in [7, 11) is 0. The largest absolute Gasteiger partial charge is 0.481 e. The Labute approximate surface area is 95.4 Å². The van der Waals surface area contributed by atoms with E-state index in [1.807, 2.05) is 13.0 Å². The van der Waals surface area contributed by atoms with Crippen molar-refractivity contribution in [2.24, 2.45) is 0 Å². The highest BCUT2D eigenvalue weighted by Crippen LogP contribution is 2.02. The van der Waals surface area contributed by atoms with Crippen molar-refractivity contribution in [3.63, 3.8) is 0 Å². The molecular formula is C11H18N2O3. The van der Waals surface area contributed by atoms with Crippen LogP contribution in [0.1, 0.15) is 45.4 Å². The van der Waals surface area contributed by atoms with Gasteiger partial charge in [-0.1, -0.05) is 6.92 Å². The van der Waals surface area contributed by atoms with Crippen molar-refractivity contribution in [3.8, 4) is 6.07 Å². The minimum Gasteiger partial charge on any atom is -0.481 e. The fourth-order valence-electron chi connectivity index (χ4n) is 1.27. The quantitative estimate of drug-likeness (QED) is 0.613. The highest BCUT2D eigenvalue weighted by Gasteiger charge is 2.09. The first-order valence-electron chi connectivity index (χ1n) is 5.48. The van der Waals surface area contributed by atoms with Crippen LogP contribution in [0, 0.1) is 11.3 Å². The van der Waals surface area contributed by atoms with Crippen LogP contribution in [0.25, 0.3) is 0 Å². The molecule has 5 heteroatoms. The topological polar surface area (TPSA) is 90.2 Å². The molecule has 0 aromatic rings. The predicted octanol–water partition coefficient (Wildman–Crippen LogP) is 1.44. The molecule has 2 N–H and O–H groups in total. The fraction of sp³-hybridized carbons (Fsp3) is 0.727. The van der Waals surface area contributed by atoms with Crippen LogP contribution in [-0.4, -0.2) is 23.0 Å². The molecule has 16 heavy (non-hydrogen) atoms. The summed E-state index contributed by atoms with van der Waals surface area (Å²) in [5.74, 6) is -0.941. The molecule has 0 heterocycles. The minimum absolute atomic E-state index is 0.0861. The molecule has 0 aliphatic rings. The van der Waals surface area contributed by atoms with Crippen molar-refractivity contribution in [2.75, 3.05) is 0 Å². The third-order valence-electron chi connectivity index (χ3n) is 2.24. The Morgan fingerprint density at radius 2 is 2.00 bits per heavy atom. The number of nitrogens with one attached hydrogen (secondary N) is 1. The maximum atomic E-state index is 11.4. The van der Waals surface area contributed by atoms with Gasteiger partial charge in [-0.25, -0.2) is 0 Å². The van der Waals surface area contributed by atoms with Crippen LogP contribution >= 0.6 is 0 Å². The number of nitriles is 1. The van der Waals surface area contributed by atoms with Crippen LogP contribution in [0.2, 0.25) is 0 Å². The van der Waals surface area contributed by atoms with Crippen LogP contribution in [-0.2, 0) is 9.59 Å². The second kappa shape index (κ2) is 8.72. The highest BCUT2D eigenvalue weighted by atomic mass is 16.4. The zero-order chi connectivity index (χ0) is 12.4. The zero-order valence-corrected chi connectivity index (χ0v) is 9.53. The Kier molecular flexibility index (Phi) is 7.86. The average Bonchev–Trinajstić information content (AvgIpc) is 2.23. The lowest BCUT2D eigenvalue weighted by Gasteiger charge is -2.13. The molecule has 90 valence electrons. The molecule has 0 spiro atoms. The summed E-state index contributed by atoms with van der Waals surface area (Å²) in [6, 6.07) is 1.93. The second-order valence-electron chi connectivity index (χ2n) is 3.64. The van der Waals surface area contributed by atoms with Gasteiger partial charge < -0.3 is 10.4 Å². The van der Waals surface area contributed by atoms with Crippen molar-refractivity contribution in [2.45, 2.75) is 51.5 Å². The number of aliphatic carboxylic acids is 1. The first kappa shape index (κ1) is 14.4. The monoisotopic (exact) mass is 226 g/mol. The molecular weight excluding hydrogens is 208 g/mol. The van der Waals surface area contributed by atoms with Gasteiger partial charge in [0.05, 0.1) is 12.5 Å². The summed E-state index contributed by atoms with van der Waals surface area (Å²) < 4.78 is 0. The van der Waals surface area contributed by atoms with Crippen LogP contribution in [0.4, 0.5) is 0 Å². The van der Waals surface area contributed by atoms with E-state index in [-0.39, 0.29) is 18.4 Å². The van der Waals surface area contributed by atoms with Crippen molar-refractivity contribution in [1.29, 1.82) is 5.26 Å². The summed E-state index contributed by atoms with van der Waals surface area (Å²) in [4.78, 5) is 21.6. The van der Waals surface area contributed by atoms with E-state index in [4.69, 9.17) is 10.4 Å². The lowest BCUT2D eigenvalue weighted by Crippen LogP contribution is -2.33. The van der Waals surface area contributed by atoms with Crippen molar-refractivity contribution in [1.82, 2.24) is 5.32 Å². The maximum absolute atomic E-state index is 11.4. The summed E-state index contributed by atoms with van der Waals surface area (Å²) in [6.45, 7) is 1.91. The normalized spacial score (nSPS) is 11.5. The Hall–Kier alpha value is -1.57. The molecule has 0 rings (SSSR count). The molecule has 0 aromatic heterocycles. The van der Waals surface area contributed by atoms with Gasteiger partial charge in [-0.2, -0.15) is 5.26 Å². The van der Waals surface area contributed by atoms with E-state index < -0.39 is 5.97 Å². The van der Waals surface area contributed by atoms with E-state index in [1.165, 1.54) is 0 Å². The van der Waals surface area contributed by atoms with Crippen molar-refractivity contribution >= 4 is 11.9 Å². The first-order chi connectivity index (χ1) is 7.60. The van der Waals surface area contributed by atoms with Gasteiger partial charge in [0.25, 0.3) is 0 Å². The fourth-order valence-corrected chi connectivity index (χ4v) is 1.27. The average molecular weight is 226 g/mol. The summed E-state index contributed by atoms with van der Waals surface area (Å²) in [6.07, 6.45) is 2.56. The number of carboxylic acids is 1. The van der Waals surface area contributed by atoms with Crippen molar-refractivity contribution in [3.05, 3.63) is 0 Å². The third-order valence-corrected chi connectivity index (χ3v) is 2.24. The molecule has 1 unspecified atom stereocenters. The lowest BCUT2D eigenvalue weighted by atomic mass is 10.1. The van der Waals surface area contributed by atoms with Crippen LogP contribution < -0.4 is 5.32 Å². The van der Waals surface area contributed by atoms with E-state index in [9.17, 15) is 9.59 Å². The summed E-state index contributed by atoms with van der Waals surface area (Å²) >= 11 is 0. The van der Waals surface area contributed by atoms with E-state index in [2.05, 4.69) is 5.32 Å². The van der Waals surface area contributed by atoms with Crippen LogP contribution in [0.5, 0.6) is 0 Å². The molecule has 0 saturated heterocycles. The molecule has 5 nitrogen and oxygen atoms in total. The number of carbonyl (C=O) groups is 2. The number of amides is 1. The smallest absolute Gasteiger partial charge is 0.303 e. The third kappa shape index (κ3) is 7.80. The Balaban J connectivity index is 3.65. The zero-order valence-electron chi connectivity index (χ0n) is 9.53. The molecule has 0 aliphatic heterocycles. The number of carbonyl (C=O) groups excluding carboxylic acids is 1. The molecule has 0 aromatic carbocycles. The van der Waals surface area contributed by atoms with E-state index in [0.29, 0.717) is 25.7 Å². The van der Waals surface area contributed by atoms with Gasteiger partial charge in [-0.3, -0.25) is 9.59 Å². The van der Waals surface area contributed by atoms with Gasteiger partial charge in [0.2, 0.25) is 5.91 Å². The molecule has 0 radical (unpaired) electrons. The lowest BCUT2D eigenvalue weighted by molar-refractivity contribution is -0.137. The summed E-state index contributed by atoms with van der Waals surface area (Å²) in [5, 5.41) is 19.6. The van der Waals surface area contributed by atoms with Crippen LogP contribution in [0.3, 0.4) is 0 Å². The Bertz CT molecular complexity index is 271. The van der Waals surface area contributed by atoms with Crippen LogP contribution in [0.15, 0.2) is 0 Å². The molecule has 1 atom stereocenters. The number of nitrogens with zero attached hydrogens (tertiary/aromatic N) is 1. The molecule has 0 saturated carbocycles. The van der Waals surface area contributed by atoms with Crippen molar-refractivity contribution < 1.29 is 14.7 Å². The Morgan fingerprint density at radius 1 is 1.38 bits per heavy atom. The van der Waals surface area contributed by atoms with Gasteiger partial charge in [0.1, 0.15) is 0 Å². The number of hydrogen-bond donors (Lipinski definition) is 2. The van der Waals surface area contributed by atoms with Gasteiger partial charge in [0.15, 0.2) is 0 Å². The minimum atomic E-state index is -0.837. The van der Waals surface area contributed by atoms with E-state index in [0.717, 1.165) is 6.42 Å². The highest BCUT2D eigenvalue weighted by molar-refractivity contribution is 5.76. The van der Waals surface area contributed by atoms with Gasteiger partial charge in [-0.15, -0.1) is 0 Å². The SMILES string of the molecule is CCC(CC#N)NC(=O)CCCCC(=O)O. The second-order valence-corrected chi connectivity index (χ2v) is 3.64. The van der Waals surface area contributed by atoms with Gasteiger partial charge in [0, 0.05) is 18.9 Å². The predicted molar refractivity (Wildman–Crippen MR) is 58.6 cm³/mol. The number of rotatable bonds is 8. The Morgan fingerprint density at radius 3 is 2.50 bits per heavy atom. The van der Waals surface area contributed by atoms with E-state index in [1.54, 1.807) is 0 Å². The summed E-state index contributed by atoms with van der Waals surface area (Å²) in [5.41, 5.74) is 0. The standard InChI is InChI=1S/C11H18N2O3/c1-2-9(7-8-12)13-10(14)5-3-4-6-11(15)16/h9H,2-7H2,1H3,(H,13,14)(H,15,16). The molecule has 0 fully saturated rings. The van der Waals surface area contributed by atoms with E-state index >= 15 is 0 Å². The van der Waals surface area contributed by atoms with Gasteiger partial charge in [-0.05, 0) is 19.3 Å². The number of hydrogen-bond acceptors (Lipinski definition) is 3. The molecule has 0 aliphatic carbocycles.